The number of ether oxygens (including phenoxy) is 1. The molecule has 0 spiro atoms. The van der Waals surface area contributed by atoms with E-state index in [4.69, 9.17) is 4.74 Å². The summed E-state index contributed by atoms with van der Waals surface area (Å²) >= 11 is 0. The summed E-state index contributed by atoms with van der Waals surface area (Å²) in [5.41, 5.74) is 2.72. The first-order valence-electron chi connectivity index (χ1n) is 9.60. The molecular formula is C24H36O. The van der Waals surface area contributed by atoms with Gasteiger partial charge in [-0.05, 0) is 68.7 Å². The Morgan fingerprint density at radius 1 is 0.720 bits per heavy atom. The highest BCUT2D eigenvalue weighted by molar-refractivity contribution is 5.29. The third kappa shape index (κ3) is 8.25. The topological polar surface area (TPSA) is 9.23 Å². The monoisotopic (exact) mass is 340 g/mol. The van der Waals surface area contributed by atoms with Crippen LogP contribution < -0.4 is 4.74 Å². The molecule has 1 heteroatoms. The fraction of sp³-hybridized carbons (Fsp3) is 0.500. The normalized spacial score (nSPS) is 13.4. The maximum Gasteiger partial charge on any atom is 0.120 e. The predicted molar refractivity (Wildman–Crippen MR) is 111 cm³/mol. The SMILES string of the molecule is CCC(C)c1ccc(OC(C)(C)C)cc1.CCC(C)c1ccccc1. The van der Waals surface area contributed by atoms with Crippen molar-refractivity contribution in [3.05, 3.63) is 65.7 Å². The van der Waals surface area contributed by atoms with Crippen LogP contribution in [0.1, 0.15) is 84.3 Å². The van der Waals surface area contributed by atoms with Gasteiger partial charge in [0.15, 0.2) is 0 Å². The lowest BCUT2D eigenvalue weighted by atomic mass is 9.99. The second kappa shape index (κ2) is 10.3. The van der Waals surface area contributed by atoms with Gasteiger partial charge in [0.05, 0.1) is 0 Å². The van der Waals surface area contributed by atoms with E-state index in [9.17, 15) is 0 Å². The number of hydrogen-bond acceptors (Lipinski definition) is 1. The van der Waals surface area contributed by atoms with Gasteiger partial charge in [0.1, 0.15) is 11.4 Å². The summed E-state index contributed by atoms with van der Waals surface area (Å²) < 4.78 is 5.77. The highest BCUT2D eigenvalue weighted by Crippen LogP contribution is 2.23. The molecule has 0 amide bonds. The molecule has 2 unspecified atom stereocenters. The van der Waals surface area contributed by atoms with Crippen LogP contribution >= 0.6 is 0 Å². The minimum atomic E-state index is -0.113. The molecular weight excluding hydrogens is 304 g/mol. The molecule has 0 aliphatic heterocycles. The molecule has 0 saturated heterocycles. The van der Waals surface area contributed by atoms with Gasteiger partial charge in [-0.3, -0.25) is 0 Å². The Hall–Kier alpha value is -1.76. The van der Waals surface area contributed by atoms with Crippen LogP contribution in [0.3, 0.4) is 0 Å². The van der Waals surface area contributed by atoms with Crippen molar-refractivity contribution in [2.45, 2.75) is 78.7 Å². The van der Waals surface area contributed by atoms with Crippen molar-refractivity contribution in [3.8, 4) is 5.75 Å². The van der Waals surface area contributed by atoms with Crippen LogP contribution in [-0.4, -0.2) is 5.60 Å². The first kappa shape index (κ1) is 21.3. The van der Waals surface area contributed by atoms with Gasteiger partial charge >= 0.3 is 0 Å². The van der Waals surface area contributed by atoms with Gasteiger partial charge in [0.2, 0.25) is 0 Å². The van der Waals surface area contributed by atoms with Gasteiger partial charge in [-0.1, -0.05) is 70.2 Å². The largest absolute Gasteiger partial charge is 0.488 e. The van der Waals surface area contributed by atoms with E-state index in [2.05, 4.69) is 103 Å². The van der Waals surface area contributed by atoms with Crippen LogP contribution in [-0.2, 0) is 0 Å². The molecule has 0 radical (unpaired) electrons. The molecule has 2 aromatic rings. The minimum Gasteiger partial charge on any atom is -0.488 e. The Morgan fingerprint density at radius 3 is 1.56 bits per heavy atom. The van der Waals surface area contributed by atoms with E-state index in [1.54, 1.807) is 0 Å². The van der Waals surface area contributed by atoms with Crippen LogP contribution in [0.15, 0.2) is 54.6 Å². The first-order valence-corrected chi connectivity index (χ1v) is 9.60. The van der Waals surface area contributed by atoms with E-state index in [1.807, 2.05) is 0 Å². The van der Waals surface area contributed by atoms with Crippen molar-refractivity contribution in [2.24, 2.45) is 0 Å². The summed E-state index contributed by atoms with van der Waals surface area (Å²) in [5, 5.41) is 0. The van der Waals surface area contributed by atoms with E-state index in [0.29, 0.717) is 11.8 Å². The fourth-order valence-electron chi connectivity index (χ4n) is 2.47. The highest BCUT2D eigenvalue weighted by Gasteiger charge is 2.11. The second-order valence-corrected chi connectivity index (χ2v) is 7.81. The lowest BCUT2D eigenvalue weighted by Gasteiger charge is -2.21. The van der Waals surface area contributed by atoms with E-state index in [0.717, 1.165) is 5.75 Å². The Kier molecular flexibility index (Phi) is 8.75. The average Bonchev–Trinajstić information content (AvgIpc) is 2.61. The summed E-state index contributed by atoms with van der Waals surface area (Å²) in [5.74, 6) is 2.30. The molecule has 0 saturated carbocycles. The molecule has 138 valence electrons. The summed E-state index contributed by atoms with van der Waals surface area (Å²) in [6, 6.07) is 19.1. The van der Waals surface area contributed by atoms with E-state index >= 15 is 0 Å². The molecule has 1 nitrogen and oxygen atoms in total. The Balaban J connectivity index is 0.000000271. The second-order valence-electron chi connectivity index (χ2n) is 7.81. The molecule has 2 atom stereocenters. The molecule has 0 N–H and O–H groups in total. The number of hydrogen-bond donors (Lipinski definition) is 0. The predicted octanol–water partition coefficient (Wildman–Crippen LogP) is 7.58. The van der Waals surface area contributed by atoms with Gasteiger partial charge in [-0.2, -0.15) is 0 Å². The zero-order valence-electron chi connectivity index (χ0n) is 17.2. The minimum absolute atomic E-state index is 0.113. The third-order valence-corrected chi connectivity index (χ3v) is 4.47. The van der Waals surface area contributed by atoms with Gasteiger partial charge in [-0.25, -0.2) is 0 Å². The molecule has 0 bridgehead atoms. The molecule has 0 fully saturated rings. The maximum absolute atomic E-state index is 5.77. The zero-order chi connectivity index (χ0) is 18.9. The number of rotatable bonds is 5. The lowest BCUT2D eigenvalue weighted by Crippen LogP contribution is -2.22. The van der Waals surface area contributed by atoms with Crippen molar-refractivity contribution in [1.29, 1.82) is 0 Å². The standard InChI is InChI=1S/C14H22O.C10H14/c1-6-11(2)12-7-9-13(10-8-12)15-14(3,4)5;1-3-9(2)10-7-5-4-6-8-10/h7-11H,6H2,1-5H3;4-9H,3H2,1-2H3. The van der Waals surface area contributed by atoms with Gasteiger partial charge in [0, 0.05) is 0 Å². The molecule has 0 aliphatic carbocycles. The smallest absolute Gasteiger partial charge is 0.120 e. The Bertz CT molecular complexity index is 578. The van der Waals surface area contributed by atoms with Crippen molar-refractivity contribution >= 4 is 0 Å². The van der Waals surface area contributed by atoms with Gasteiger partial charge < -0.3 is 4.74 Å². The number of benzene rings is 2. The van der Waals surface area contributed by atoms with E-state index < -0.39 is 0 Å². The van der Waals surface area contributed by atoms with Crippen molar-refractivity contribution in [3.63, 3.8) is 0 Å². The maximum atomic E-state index is 5.77. The average molecular weight is 341 g/mol. The van der Waals surface area contributed by atoms with Gasteiger partial charge in [0.25, 0.3) is 0 Å². The van der Waals surface area contributed by atoms with Crippen LogP contribution in [0.2, 0.25) is 0 Å². The molecule has 0 aliphatic rings. The van der Waals surface area contributed by atoms with Gasteiger partial charge in [-0.15, -0.1) is 0 Å². The van der Waals surface area contributed by atoms with Crippen LogP contribution in [0, 0.1) is 0 Å². The molecule has 2 aromatic carbocycles. The third-order valence-electron chi connectivity index (χ3n) is 4.47. The summed E-state index contributed by atoms with van der Waals surface area (Å²) in [6.07, 6.45) is 2.41. The van der Waals surface area contributed by atoms with E-state index in [1.165, 1.54) is 24.0 Å². The first-order chi connectivity index (χ1) is 11.8. The van der Waals surface area contributed by atoms with Crippen LogP contribution in [0.25, 0.3) is 0 Å². The molecule has 0 heterocycles. The summed E-state index contributed by atoms with van der Waals surface area (Å²) in [7, 11) is 0. The molecule has 2 rings (SSSR count). The lowest BCUT2D eigenvalue weighted by molar-refractivity contribution is 0.131. The zero-order valence-corrected chi connectivity index (χ0v) is 17.2. The summed E-state index contributed by atoms with van der Waals surface area (Å²) in [6.45, 7) is 15.1. The Morgan fingerprint density at radius 2 is 1.16 bits per heavy atom. The Labute approximate surface area is 155 Å². The highest BCUT2D eigenvalue weighted by atomic mass is 16.5. The van der Waals surface area contributed by atoms with Crippen LogP contribution in [0.5, 0.6) is 5.75 Å². The fourth-order valence-corrected chi connectivity index (χ4v) is 2.47. The van der Waals surface area contributed by atoms with E-state index in [-0.39, 0.29) is 5.60 Å². The quantitative estimate of drug-likeness (QED) is 0.545. The molecule has 0 aromatic heterocycles. The van der Waals surface area contributed by atoms with Crippen molar-refractivity contribution < 1.29 is 4.74 Å². The van der Waals surface area contributed by atoms with Crippen molar-refractivity contribution in [1.82, 2.24) is 0 Å². The molecule has 25 heavy (non-hydrogen) atoms. The van der Waals surface area contributed by atoms with Crippen molar-refractivity contribution in [2.75, 3.05) is 0 Å². The summed E-state index contributed by atoms with van der Waals surface area (Å²) in [4.78, 5) is 0. The van der Waals surface area contributed by atoms with Crippen LogP contribution in [0.4, 0.5) is 0 Å².